The summed E-state index contributed by atoms with van der Waals surface area (Å²) in [4.78, 5) is 35.8. The fraction of sp³-hybridized carbons (Fsp3) is 0.500. The standard InChI is InChI=1S/C18H25N3O4/c1-3-7-13(17(23)24)19-16(22)10-12-21-15-9-6-5-8-14(15)20(11-4-2)18(21)25/h5-6,8-9,13H,3-4,7,10-12H2,1-2H3,(H,19,22)(H,23,24). The molecule has 0 spiro atoms. The minimum atomic E-state index is -1.04. The third kappa shape index (κ3) is 4.29. The number of rotatable bonds is 9. The number of nitrogens with zero attached hydrogens (tertiary/aromatic N) is 2. The number of carbonyl (C=O) groups excluding carboxylic acids is 1. The topological polar surface area (TPSA) is 93.3 Å². The van der Waals surface area contributed by atoms with Gasteiger partial charge >= 0.3 is 11.7 Å². The molecule has 0 aliphatic carbocycles. The molecule has 7 nitrogen and oxygen atoms in total. The Morgan fingerprint density at radius 2 is 1.68 bits per heavy atom. The second-order valence-electron chi connectivity index (χ2n) is 6.07. The van der Waals surface area contributed by atoms with Crippen molar-refractivity contribution < 1.29 is 14.7 Å². The van der Waals surface area contributed by atoms with Crippen molar-refractivity contribution in [2.45, 2.75) is 58.7 Å². The Labute approximate surface area is 146 Å². The summed E-state index contributed by atoms with van der Waals surface area (Å²) < 4.78 is 3.30. The van der Waals surface area contributed by atoms with Crippen molar-refractivity contribution in [1.82, 2.24) is 14.5 Å². The lowest BCUT2D eigenvalue weighted by Gasteiger charge is -2.13. The number of carbonyl (C=O) groups is 2. The van der Waals surface area contributed by atoms with E-state index in [0.717, 1.165) is 17.5 Å². The van der Waals surface area contributed by atoms with Gasteiger partial charge in [0, 0.05) is 19.5 Å². The van der Waals surface area contributed by atoms with E-state index in [1.807, 2.05) is 38.1 Å². The molecular weight excluding hydrogens is 322 g/mol. The van der Waals surface area contributed by atoms with E-state index < -0.39 is 12.0 Å². The van der Waals surface area contributed by atoms with Crippen molar-refractivity contribution >= 4 is 22.9 Å². The molecule has 7 heteroatoms. The molecule has 0 saturated carbocycles. The molecule has 1 unspecified atom stereocenters. The number of fused-ring (bicyclic) bond motifs is 1. The van der Waals surface area contributed by atoms with Crippen LogP contribution in [0.25, 0.3) is 11.0 Å². The first-order chi connectivity index (χ1) is 12.0. The average molecular weight is 347 g/mol. The summed E-state index contributed by atoms with van der Waals surface area (Å²) in [6, 6.07) is 6.61. The average Bonchev–Trinajstić information content (AvgIpc) is 2.85. The molecular formula is C18H25N3O4. The number of carboxylic acid groups (broad SMARTS) is 1. The van der Waals surface area contributed by atoms with E-state index in [4.69, 9.17) is 5.11 Å². The zero-order valence-electron chi connectivity index (χ0n) is 14.7. The summed E-state index contributed by atoms with van der Waals surface area (Å²) >= 11 is 0. The van der Waals surface area contributed by atoms with Gasteiger partial charge in [-0.25, -0.2) is 9.59 Å². The summed E-state index contributed by atoms with van der Waals surface area (Å²) in [6.45, 7) is 4.71. The van der Waals surface area contributed by atoms with Crippen LogP contribution in [0.5, 0.6) is 0 Å². The van der Waals surface area contributed by atoms with E-state index in [1.54, 1.807) is 9.13 Å². The fourth-order valence-corrected chi connectivity index (χ4v) is 2.95. The largest absolute Gasteiger partial charge is 0.480 e. The van der Waals surface area contributed by atoms with Crippen LogP contribution in [-0.4, -0.2) is 32.2 Å². The molecule has 2 rings (SSSR count). The van der Waals surface area contributed by atoms with Gasteiger partial charge in [0.1, 0.15) is 6.04 Å². The molecule has 2 aromatic rings. The number of benzene rings is 1. The second kappa shape index (κ2) is 8.50. The lowest BCUT2D eigenvalue weighted by Crippen LogP contribution is -2.41. The number of hydrogen-bond acceptors (Lipinski definition) is 3. The Bertz CT molecular complexity index is 806. The van der Waals surface area contributed by atoms with Crippen LogP contribution >= 0.6 is 0 Å². The molecule has 0 fully saturated rings. The molecule has 1 heterocycles. The van der Waals surface area contributed by atoms with Gasteiger partial charge < -0.3 is 10.4 Å². The molecule has 1 amide bonds. The molecule has 0 aliphatic heterocycles. The number of hydrogen-bond donors (Lipinski definition) is 2. The van der Waals surface area contributed by atoms with Gasteiger partial charge in [-0.2, -0.15) is 0 Å². The lowest BCUT2D eigenvalue weighted by atomic mass is 10.1. The zero-order chi connectivity index (χ0) is 18.4. The summed E-state index contributed by atoms with van der Waals surface area (Å²) in [7, 11) is 0. The first-order valence-electron chi connectivity index (χ1n) is 8.69. The zero-order valence-corrected chi connectivity index (χ0v) is 14.7. The summed E-state index contributed by atoms with van der Waals surface area (Å²) in [5.41, 5.74) is 1.50. The van der Waals surface area contributed by atoms with Gasteiger partial charge in [0.05, 0.1) is 11.0 Å². The fourth-order valence-electron chi connectivity index (χ4n) is 2.95. The van der Waals surface area contributed by atoms with E-state index in [9.17, 15) is 14.4 Å². The molecule has 1 aromatic carbocycles. The Morgan fingerprint density at radius 3 is 2.20 bits per heavy atom. The van der Waals surface area contributed by atoms with Gasteiger partial charge in [0.2, 0.25) is 5.91 Å². The number of aromatic nitrogens is 2. The summed E-state index contributed by atoms with van der Waals surface area (Å²) in [5, 5.41) is 11.6. The molecule has 0 radical (unpaired) electrons. The minimum absolute atomic E-state index is 0.0630. The van der Waals surface area contributed by atoms with E-state index in [0.29, 0.717) is 19.4 Å². The molecule has 0 saturated heterocycles. The predicted octanol–water partition coefficient (Wildman–Crippen LogP) is 1.97. The molecule has 0 bridgehead atoms. The summed E-state index contributed by atoms with van der Waals surface area (Å²) in [6.07, 6.45) is 1.96. The molecule has 25 heavy (non-hydrogen) atoms. The molecule has 0 aliphatic rings. The van der Waals surface area contributed by atoms with Crippen LogP contribution in [0.15, 0.2) is 29.1 Å². The van der Waals surface area contributed by atoms with Gasteiger partial charge in [0.15, 0.2) is 0 Å². The Hall–Kier alpha value is -2.57. The number of imidazole rings is 1. The number of para-hydroxylation sites is 2. The first-order valence-corrected chi connectivity index (χ1v) is 8.69. The van der Waals surface area contributed by atoms with Crippen LogP contribution in [0, 0.1) is 0 Å². The van der Waals surface area contributed by atoms with E-state index in [2.05, 4.69) is 5.32 Å². The molecule has 1 aromatic heterocycles. The van der Waals surface area contributed by atoms with Crippen molar-refractivity contribution in [3.8, 4) is 0 Å². The van der Waals surface area contributed by atoms with Crippen molar-refractivity contribution in [3.63, 3.8) is 0 Å². The maximum atomic E-state index is 12.6. The third-order valence-corrected chi connectivity index (χ3v) is 4.15. The van der Waals surface area contributed by atoms with Crippen LogP contribution in [0.1, 0.15) is 39.5 Å². The van der Waals surface area contributed by atoms with Crippen molar-refractivity contribution in [1.29, 1.82) is 0 Å². The van der Waals surface area contributed by atoms with Crippen molar-refractivity contribution in [2.24, 2.45) is 0 Å². The van der Waals surface area contributed by atoms with E-state index >= 15 is 0 Å². The monoisotopic (exact) mass is 347 g/mol. The molecule has 136 valence electrons. The number of aliphatic carboxylic acids is 1. The quantitative estimate of drug-likeness (QED) is 0.725. The molecule has 1 atom stereocenters. The van der Waals surface area contributed by atoms with Gasteiger partial charge in [-0.3, -0.25) is 13.9 Å². The van der Waals surface area contributed by atoms with Gasteiger partial charge in [-0.05, 0) is 25.0 Å². The highest BCUT2D eigenvalue weighted by atomic mass is 16.4. The van der Waals surface area contributed by atoms with E-state index in [1.165, 1.54) is 0 Å². The highest BCUT2D eigenvalue weighted by molar-refractivity contribution is 5.83. The Morgan fingerprint density at radius 1 is 1.08 bits per heavy atom. The summed E-state index contributed by atoms with van der Waals surface area (Å²) in [5.74, 6) is -1.40. The van der Waals surface area contributed by atoms with Crippen LogP contribution in [0.2, 0.25) is 0 Å². The Kier molecular flexibility index (Phi) is 6.38. The SMILES string of the molecule is CCCC(NC(=O)CCn1c(=O)n(CCC)c2ccccc21)C(=O)O. The van der Waals surface area contributed by atoms with Crippen molar-refractivity contribution in [2.75, 3.05) is 0 Å². The Balaban J connectivity index is 2.15. The second-order valence-corrected chi connectivity index (χ2v) is 6.07. The smallest absolute Gasteiger partial charge is 0.329 e. The van der Waals surface area contributed by atoms with Crippen LogP contribution < -0.4 is 11.0 Å². The third-order valence-electron chi connectivity index (χ3n) is 4.15. The number of aryl methyl sites for hydroxylation is 2. The predicted molar refractivity (Wildman–Crippen MR) is 95.6 cm³/mol. The van der Waals surface area contributed by atoms with Gasteiger partial charge in [-0.1, -0.05) is 32.4 Å². The van der Waals surface area contributed by atoms with Crippen LogP contribution in [-0.2, 0) is 22.7 Å². The number of amides is 1. The normalized spacial score (nSPS) is 12.2. The minimum Gasteiger partial charge on any atom is -0.480 e. The first kappa shape index (κ1) is 18.8. The van der Waals surface area contributed by atoms with Crippen molar-refractivity contribution in [3.05, 3.63) is 34.7 Å². The number of nitrogens with one attached hydrogen (secondary N) is 1. The molecule has 2 N–H and O–H groups in total. The lowest BCUT2D eigenvalue weighted by molar-refractivity contribution is -0.142. The van der Waals surface area contributed by atoms with Gasteiger partial charge in [-0.15, -0.1) is 0 Å². The maximum Gasteiger partial charge on any atom is 0.329 e. The number of carboxylic acids is 1. The van der Waals surface area contributed by atoms with Gasteiger partial charge in [0.25, 0.3) is 0 Å². The van der Waals surface area contributed by atoms with Crippen LogP contribution in [0.4, 0.5) is 0 Å². The highest BCUT2D eigenvalue weighted by Crippen LogP contribution is 2.13. The van der Waals surface area contributed by atoms with Crippen LogP contribution in [0.3, 0.4) is 0 Å². The maximum absolute atomic E-state index is 12.6. The highest BCUT2D eigenvalue weighted by Gasteiger charge is 2.19. The van der Waals surface area contributed by atoms with E-state index in [-0.39, 0.29) is 24.6 Å².